The van der Waals surface area contributed by atoms with Crippen LogP contribution in [0.4, 0.5) is 0 Å². The molecule has 9 heteroatoms. The fourth-order valence-corrected chi connectivity index (χ4v) is 3.41. The molecule has 0 unspecified atom stereocenters. The van der Waals surface area contributed by atoms with Gasteiger partial charge in [0.2, 0.25) is 15.7 Å². The molecule has 1 fully saturated rings. The maximum atomic E-state index is 12.3. The molecule has 124 valence electrons. The standard InChI is InChI=1S/C14H17N3O5S/c1-10-4-6-17(7-5-10)12(18)9-23(19,20)14-16-15-13(22-14)11-3-2-8-21-11/h2-3,8,10H,4-7,9H2,1H3. The lowest BCUT2D eigenvalue weighted by Crippen LogP contribution is -2.41. The van der Waals surface area contributed by atoms with Crippen LogP contribution in [0.5, 0.6) is 0 Å². The first-order chi connectivity index (χ1) is 11.0. The minimum atomic E-state index is -3.97. The summed E-state index contributed by atoms with van der Waals surface area (Å²) in [5.41, 5.74) is 0. The van der Waals surface area contributed by atoms with E-state index in [9.17, 15) is 13.2 Å². The predicted octanol–water partition coefficient (Wildman–Crippen LogP) is 1.36. The van der Waals surface area contributed by atoms with Crippen molar-refractivity contribution in [1.29, 1.82) is 0 Å². The van der Waals surface area contributed by atoms with Gasteiger partial charge >= 0.3 is 5.22 Å². The Balaban J connectivity index is 1.70. The number of piperidine rings is 1. The molecule has 1 aliphatic heterocycles. The zero-order chi connectivity index (χ0) is 16.4. The Labute approximate surface area is 133 Å². The number of sulfone groups is 1. The van der Waals surface area contributed by atoms with Crippen molar-refractivity contribution in [2.75, 3.05) is 18.8 Å². The molecule has 3 rings (SSSR count). The summed E-state index contributed by atoms with van der Waals surface area (Å²) in [4.78, 5) is 13.7. The molecule has 0 bridgehead atoms. The number of hydrogen-bond acceptors (Lipinski definition) is 7. The lowest BCUT2D eigenvalue weighted by Gasteiger charge is -2.30. The number of carbonyl (C=O) groups excluding carboxylic acids is 1. The highest BCUT2D eigenvalue weighted by atomic mass is 32.2. The van der Waals surface area contributed by atoms with Crippen LogP contribution in [-0.4, -0.2) is 48.3 Å². The average molecular weight is 339 g/mol. The zero-order valence-electron chi connectivity index (χ0n) is 12.6. The molecule has 1 amide bonds. The summed E-state index contributed by atoms with van der Waals surface area (Å²) < 4.78 is 34.7. The van der Waals surface area contributed by atoms with Crippen LogP contribution in [0.2, 0.25) is 0 Å². The van der Waals surface area contributed by atoms with Crippen molar-refractivity contribution in [2.45, 2.75) is 25.0 Å². The molecule has 2 aromatic heterocycles. The molecular weight excluding hydrogens is 322 g/mol. The molecule has 2 aromatic rings. The normalized spacial score (nSPS) is 16.7. The van der Waals surface area contributed by atoms with Crippen molar-refractivity contribution in [1.82, 2.24) is 15.1 Å². The third-order valence-electron chi connectivity index (χ3n) is 3.85. The minimum Gasteiger partial charge on any atom is -0.459 e. The molecule has 0 spiro atoms. The Morgan fingerprint density at radius 1 is 1.35 bits per heavy atom. The molecule has 0 atom stereocenters. The largest absolute Gasteiger partial charge is 0.459 e. The van der Waals surface area contributed by atoms with Crippen LogP contribution >= 0.6 is 0 Å². The summed E-state index contributed by atoms with van der Waals surface area (Å²) in [6.45, 7) is 3.28. The van der Waals surface area contributed by atoms with Gasteiger partial charge in [0.25, 0.3) is 5.89 Å². The second kappa shape index (κ2) is 6.15. The van der Waals surface area contributed by atoms with E-state index in [0.717, 1.165) is 12.8 Å². The number of amides is 1. The Morgan fingerprint density at radius 2 is 2.09 bits per heavy atom. The van der Waals surface area contributed by atoms with E-state index >= 15 is 0 Å². The average Bonchev–Trinajstić information content (AvgIpc) is 3.19. The van der Waals surface area contributed by atoms with Crippen molar-refractivity contribution in [3.63, 3.8) is 0 Å². The van der Waals surface area contributed by atoms with Gasteiger partial charge in [0, 0.05) is 13.1 Å². The number of rotatable bonds is 4. The van der Waals surface area contributed by atoms with Gasteiger partial charge in [-0.2, -0.15) is 0 Å². The second-order valence-electron chi connectivity index (χ2n) is 5.67. The van der Waals surface area contributed by atoms with Crippen LogP contribution in [-0.2, 0) is 14.6 Å². The highest BCUT2D eigenvalue weighted by molar-refractivity contribution is 7.91. The quantitative estimate of drug-likeness (QED) is 0.827. The lowest BCUT2D eigenvalue weighted by atomic mass is 9.99. The fraction of sp³-hybridized carbons (Fsp3) is 0.500. The number of aromatic nitrogens is 2. The summed E-state index contributed by atoms with van der Waals surface area (Å²) in [5, 5.41) is 6.59. The highest BCUT2D eigenvalue weighted by Crippen LogP contribution is 2.21. The molecule has 0 radical (unpaired) electrons. The molecule has 0 aliphatic carbocycles. The molecule has 0 N–H and O–H groups in total. The molecule has 3 heterocycles. The third kappa shape index (κ3) is 3.44. The molecule has 0 aromatic carbocycles. The van der Waals surface area contributed by atoms with E-state index in [1.54, 1.807) is 17.0 Å². The monoisotopic (exact) mass is 339 g/mol. The number of hydrogen-bond donors (Lipinski definition) is 0. The van der Waals surface area contributed by atoms with Crippen LogP contribution in [0.25, 0.3) is 11.7 Å². The van der Waals surface area contributed by atoms with Gasteiger partial charge in [-0.25, -0.2) is 8.42 Å². The SMILES string of the molecule is CC1CCN(C(=O)CS(=O)(=O)c2nnc(-c3ccco3)o2)CC1. The van der Waals surface area contributed by atoms with Crippen molar-refractivity contribution in [2.24, 2.45) is 5.92 Å². The second-order valence-corrected chi connectivity index (χ2v) is 7.54. The maximum Gasteiger partial charge on any atom is 0.336 e. The third-order valence-corrected chi connectivity index (χ3v) is 5.18. The number of likely N-dealkylation sites (tertiary alicyclic amines) is 1. The summed E-state index contributed by atoms with van der Waals surface area (Å²) in [6.07, 6.45) is 3.18. The van der Waals surface area contributed by atoms with E-state index < -0.39 is 26.7 Å². The smallest absolute Gasteiger partial charge is 0.336 e. The predicted molar refractivity (Wildman–Crippen MR) is 79.0 cm³/mol. The lowest BCUT2D eigenvalue weighted by molar-refractivity contribution is -0.129. The molecule has 8 nitrogen and oxygen atoms in total. The first kappa shape index (κ1) is 15.7. The van der Waals surface area contributed by atoms with Gasteiger partial charge in [0.05, 0.1) is 6.26 Å². The first-order valence-corrected chi connectivity index (χ1v) is 8.99. The topological polar surface area (TPSA) is 107 Å². The number of carbonyl (C=O) groups is 1. The van der Waals surface area contributed by atoms with Crippen molar-refractivity contribution in [3.8, 4) is 11.7 Å². The van der Waals surface area contributed by atoms with Crippen LogP contribution < -0.4 is 0 Å². The number of furan rings is 1. The molecule has 0 saturated carbocycles. The minimum absolute atomic E-state index is 0.0344. The van der Waals surface area contributed by atoms with Crippen LogP contribution in [0, 0.1) is 5.92 Å². The Morgan fingerprint density at radius 3 is 2.74 bits per heavy atom. The molecular formula is C14H17N3O5S. The molecule has 1 saturated heterocycles. The summed E-state index contributed by atoms with van der Waals surface area (Å²) in [7, 11) is -3.97. The Kier molecular flexibility index (Phi) is 4.20. The van der Waals surface area contributed by atoms with Crippen LogP contribution in [0.15, 0.2) is 32.5 Å². The van der Waals surface area contributed by atoms with Gasteiger partial charge < -0.3 is 13.7 Å². The van der Waals surface area contributed by atoms with Crippen LogP contribution in [0.1, 0.15) is 19.8 Å². The van der Waals surface area contributed by atoms with Gasteiger partial charge in [-0.05, 0) is 30.9 Å². The van der Waals surface area contributed by atoms with Gasteiger partial charge in [-0.15, -0.1) is 5.10 Å². The van der Waals surface area contributed by atoms with E-state index in [-0.39, 0.29) is 11.7 Å². The molecule has 1 aliphatic rings. The summed E-state index contributed by atoms with van der Waals surface area (Å²) >= 11 is 0. The number of nitrogens with zero attached hydrogens (tertiary/aromatic N) is 3. The van der Waals surface area contributed by atoms with Gasteiger partial charge in [0.1, 0.15) is 5.75 Å². The summed E-state index contributed by atoms with van der Waals surface area (Å²) in [6, 6.07) is 3.19. The summed E-state index contributed by atoms with van der Waals surface area (Å²) in [5.74, 6) is -0.304. The zero-order valence-corrected chi connectivity index (χ0v) is 13.5. The van der Waals surface area contributed by atoms with Crippen molar-refractivity contribution >= 4 is 15.7 Å². The van der Waals surface area contributed by atoms with E-state index in [0.29, 0.717) is 19.0 Å². The Hall–Kier alpha value is -2.16. The van der Waals surface area contributed by atoms with Gasteiger partial charge in [-0.3, -0.25) is 4.79 Å². The van der Waals surface area contributed by atoms with E-state index in [1.807, 2.05) is 0 Å². The van der Waals surface area contributed by atoms with Crippen molar-refractivity contribution < 1.29 is 22.0 Å². The van der Waals surface area contributed by atoms with E-state index in [2.05, 4.69) is 17.1 Å². The molecule has 23 heavy (non-hydrogen) atoms. The van der Waals surface area contributed by atoms with E-state index in [4.69, 9.17) is 8.83 Å². The van der Waals surface area contributed by atoms with Crippen LogP contribution in [0.3, 0.4) is 0 Å². The van der Waals surface area contributed by atoms with Crippen molar-refractivity contribution in [3.05, 3.63) is 18.4 Å². The van der Waals surface area contributed by atoms with Gasteiger partial charge in [-0.1, -0.05) is 12.0 Å². The highest BCUT2D eigenvalue weighted by Gasteiger charge is 2.30. The fourth-order valence-electron chi connectivity index (χ4n) is 2.41. The first-order valence-electron chi connectivity index (χ1n) is 7.33. The van der Waals surface area contributed by atoms with Gasteiger partial charge in [0.15, 0.2) is 5.76 Å². The Bertz CT molecular complexity index is 773. The maximum absolute atomic E-state index is 12.3. The van der Waals surface area contributed by atoms with E-state index in [1.165, 1.54) is 6.26 Å².